The molecule has 18 heavy (non-hydrogen) atoms. The van der Waals surface area contributed by atoms with Crippen LogP contribution in [0, 0.1) is 5.82 Å². The van der Waals surface area contributed by atoms with Gasteiger partial charge in [0.15, 0.2) is 0 Å². The number of carbonyl (C=O) groups is 1. The quantitative estimate of drug-likeness (QED) is 0.874. The van der Waals surface area contributed by atoms with Crippen molar-refractivity contribution in [1.29, 1.82) is 0 Å². The van der Waals surface area contributed by atoms with Gasteiger partial charge in [-0.1, -0.05) is 15.9 Å². The highest BCUT2D eigenvalue weighted by molar-refractivity contribution is 9.10. The first-order valence-corrected chi connectivity index (χ1v) is 6.12. The van der Waals surface area contributed by atoms with Crippen LogP contribution in [0.3, 0.4) is 0 Å². The lowest BCUT2D eigenvalue weighted by Crippen LogP contribution is -2.03. The van der Waals surface area contributed by atoms with Gasteiger partial charge in [0.1, 0.15) is 17.4 Å². The Bertz CT molecular complexity index is 601. The Morgan fingerprint density at radius 1 is 1.39 bits per heavy atom. The number of rotatable bonds is 3. The maximum Gasteiger partial charge on any atom is 0.137 e. The van der Waals surface area contributed by atoms with E-state index in [9.17, 15) is 9.18 Å². The van der Waals surface area contributed by atoms with Gasteiger partial charge in [0.05, 0.1) is 12.1 Å². The number of aromatic nitrogens is 2. The van der Waals surface area contributed by atoms with Crippen molar-refractivity contribution < 1.29 is 9.18 Å². The number of hydrogen-bond acceptors (Lipinski definition) is 3. The van der Waals surface area contributed by atoms with E-state index in [1.165, 1.54) is 19.2 Å². The SMILES string of the molecule is CC(=O)Cc1nccc(-c2cc(Br)ccc2F)n1. The lowest BCUT2D eigenvalue weighted by Gasteiger charge is -2.04. The van der Waals surface area contributed by atoms with Crippen LogP contribution < -0.4 is 0 Å². The minimum atomic E-state index is -0.356. The second-order valence-corrected chi connectivity index (χ2v) is 4.78. The van der Waals surface area contributed by atoms with E-state index in [-0.39, 0.29) is 18.0 Å². The summed E-state index contributed by atoms with van der Waals surface area (Å²) in [4.78, 5) is 19.2. The molecular weight excluding hydrogens is 299 g/mol. The van der Waals surface area contributed by atoms with Gasteiger partial charge >= 0.3 is 0 Å². The van der Waals surface area contributed by atoms with E-state index in [0.717, 1.165) is 4.47 Å². The van der Waals surface area contributed by atoms with Gasteiger partial charge in [-0.2, -0.15) is 0 Å². The summed E-state index contributed by atoms with van der Waals surface area (Å²) in [6.07, 6.45) is 1.68. The standard InChI is InChI=1S/C13H10BrFN2O/c1-8(18)6-13-16-5-4-12(17-13)10-7-9(14)2-3-11(10)15/h2-5,7H,6H2,1H3. The largest absolute Gasteiger partial charge is 0.300 e. The number of ketones is 1. The average molecular weight is 309 g/mol. The minimum absolute atomic E-state index is 0.0261. The van der Waals surface area contributed by atoms with Gasteiger partial charge in [-0.15, -0.1) is 0 Å². The third kappa shape index (κ3) is 2.98. The molecular formula is C13H10BrFN2O. The van der Waals surface area contributed by atoms with E-state index >= 15 is 0 Å². The molecule has 0 N–H and O–H groups in total. The van der Waals surface area contributed by atoms with Crippen LogP contribution in [0.4, 0.5) is 4.39 Å². The van der Waals surface area contributed by atoms with E-state index < -0.39 is 0 Å². The fraction of sp³-hybridized carbons (Fsp3) is 0.154. The Morgan fingerprint density at radius 3 is 2.89 bits per heavy atom. The van der Waals surface area contributed by atoms with E-state index in [1.54, 1.807) is 18.2 Å². The summed E-state index contributed by atoms with van der Waals surface area (Å²) in [7, 11) is 0. The van der Waals surface area contributed by atoms with Crippen LogP contribution in [-0.4, -0.2) is 15.8 Å². The molecule has 0 spiro atoms. The van der Waals surface area contributed by atoms with Gasteiger partial charge in [-0.05, 0) is 31.2 Å². The average Bonchev–Trinajstić information content (AvgIpc) is 2.32. The normalized spacial score (nSPS) is 10.4. The van der Waals surface area contributed by atoms with E-state index in [0.29, 0.717) is 17.1 Å². The number of benzene rings is 1. The number of hydrogen-bond donors (Lipinski definition) is 0. The molecule has 0 amide bonds. The lowest BCUT2D eigenvalue weighted by molar-refractivity contribution is -0.116. The lowest BCUT2D eigenvalue weighted by atomic mass is 10.1. The van der Waals surface area contributed by atoms with Crippen molar-refractivity contribution in [2.75, 3.05) is 0 Å². The smallest absolute Gasteiger partial charge is 0.137 e. The van der Waals surface area contributed by atoms with Crippen LogP contribution in [0.25, 0.3) is 11.3 Å². The van der Waals surface area contributed by atoms with Crippen molar-refractivity contribution in [3.8, 4) is 11.3 Å². The Morgan fingerprint density at radius 2 is 2.17 bits per heavy atom. The van der Waals surface area contributed by atoms with E-state index in [1.807, 2.05) is 0 Å². The molecule has 1 aromatic heterocycles. The van der Waals surface area contributed by atoms with Gasteiger partial charge in [-0.3, -0.25) is 4.79 Å². The summed E-state index contributed by atoms with van der Waals surface area (Å²) >= 11 is 3.29. The molecule has 0 bridgehead atoms. The zero-order valence-electron chi connectivity index (χ0n) is 9.65. The zero-order chi connectivity index (χ0) is 13.1. The Hall–Kier alpha value is -1.62. The number of nitrogens with zero attached hydrogens (tertiary/aromatic N) is 2. The topological polar surface area (TPSA) is 42.9 Å². The molecule has 1 aromatic carbocycles. The second kappa shape index (κ2) is 5.35. The summed E-state index contributed by atoms with van der Waals surface area (Å²) < 4.78 is 14.5. The van der Waals surface area contributed by atoms with Gasteiger partial charge in [0.25, 0.3) is 0 Å². The molecule has 2 aromatic rings. The third-order valence-electron chi connectivity index (χ3n) is 2.32. The zero-order valence-corrected chi connectivity index (χ0v) is 11.2. The fourth-order valence-electron chi connectivity index (χ4n) is 1.55. The first-order chi connectivity index (χ1) is 8.56. The number of halogens is 2. The highest BCUT2D eigenvalue weighted by Gasteiger charge is 2.09. The van der Waals surface area contributed by atoms with Crippen LogP contribution in [0.5, 0.6) is 0 Å². The predicted molar refractivity (Wildman–Crippen MR) is 69.5 cm³/mol. The molecule has 3 nitrogen and oxygen atoms in total. The van der Waals surface area contributed by atoms with Gasteiger partial charge < -0.3 is 0 Å². The van der Waals surface area contributed by atoms with Crippen LogP contribution in [-0.2, 0) is 11.2 Å². The molecule has 5 heteroatoms. The molecule has 0 aliphatic carbocycles. The highest BCUT2D eigenvalue weighted by Crippen LogP contribution is 2.24. The van der Waals surface area contributed by atoms with E-state index in [4.69, 9.17) is 0 Å². The number of Topliss-reactive ketones (excluding diaryl/α,β-unsaturated/α-hetero) is 1. The molecule has 0 fully saturated rings. The molecule has 0 aliphatic rings. The van der Waals surface area contributed by atoms with Crippen molar-refractivity contribution in [3.63, 3.8) is 0 Å². The summed E-state index contributed by atoms with van der Waals surface area (Å²) in [6, 6.07) is 6.26. The van der Waals surface area contributed by atoms with Crippen molar-refractivity contribution in [2.24, 2.45) is 0 Å². The summed E-state index contributed by atoms with van der Waals surface area (Å²) in [5, 5.41) is 0. The first-order valence-electron chi connectivity index (χ1n) is 5.33. The third-order valence-corrected chi connectivity index (χ3v) is 2.81. The molecule has 0 unspecified atom stereocenters. The second-order valence-electron chi connectivity index (χ2n) is 3.86. The Labute approximate surface area is 112 Å². The molecule has 0 saturated heterocycles. The highest BCUT2D eigenvalue weighted by atomic mass is 79.9. The minimum Gasteiger partial charge on any atom is -0.300 e. The molecule has 2 rings (SSSR count). The van der Waals surface area contributed by atoms with Gasteiger partial charge in [0.2, 0.25) is 0 Å². The molecule has 1 heterocycles. The van der Waals surface area contributed by atoms with Crippen molar-refractivity contribution in [2.45, 2.75) is 13.3 Å². The van der Waals surface area contributed by atoms with Crippen LogP contribution in [0.15, 0.2) is 34.9 Å². The van der Waals surface area contributed by atoms with Crippen molar-refractivity contribution in [3.05, 3.63) is 46.6 Å². The number of carbonyl (C=O) groups excluding carboxylic acids is 1. The molecule has 0 radical (unpaired) electrons. The maximum atomic E-state index is 13.7. The van der Waals surface area contributed by atoms with Crippen molar-refractivity contribution >= 4 is 21.7 Å². The summed E-state index contributed by atoms with van der Waals surface area (Å²) in [5.74, 6) is 0.0203. The van der Waals surface area contributed by atoms with Crippen LogP contribution >= 0.6 is 15.9 Å². The maximum absolute atomic E-state index is 13.7. The monoisotopic (exact) mass is 308 g/mol. The Balaban J connectivity index is 2.44. The predicted octanol–water partition coefficient (Wildman–Crippen LogP) is 3.18. The van der Waals surface area contributed by atoms with Crippen molar-refractivity contribution in [1.82, 2.24) is 9.97 Å². The molecule has 0 atom stereocenters. The molecule has 92 valence electrons. The summed E-state index contributed by atoms with van der Waals surface area (Å²) in [5.41, 5.74) is 0.858. The van der Waals surface area contributed by atoms with Gasteiger partial charge in [-0.25, -0.2) is 14.4 Å². The van der Waals surface area contributed by atoms with Crippen LogP contribution in [0.2, 0.25) is 0 Å². The first kappa shape index (κ1) is 12.8. The summed E-state index contributed by atoms with van der Waals surface area (Å²) in [6.45, 7) is 1.47. The Kier molecular flexibility index (Phi) is 3.81. The van der Waals surface area contributed by atoms with E-state index in [2.05, 4.69) is 25.9 Å². The fourth-order valence-corrected chi connectivity index (χ4v) is 1.91. The molecule has 0 saturated carbocycles. The van der Waals surface area contributed by atoms with Gasteiger partial charge in [0, 0.05) is 16.2 Å². The van der Waals surface area contributed by atoms with Crippen LogP contribution in [0.1, 0.15) is 12.7 Å². The molecule has 0 aliphatic heterocycles.